The topological polar surface area (TPSA) is 68.3 Å². The average molecular weight is 252 g/mol. The zero-order chi connectivity index (χ0) is 12.8. The maximum atomic E-state index is 5.39. The number of nitrogens with one attached hydrogen (secondary N) is 2. The Morgan fingerprint density at radius 3 is 2.94 bits per heavy atom. The molecule has 2 rings (SSSR count). The van der Waals surface area contributed by atoms with Crippen molar-refractivity contribution in [2.45, 2.75) is 25.8 Å². The first-order valence-corrected chi connectivity index (χ1v) is 6.32. The summed E-state index contributed by atoms with van der Waals surface area (Å²) >= 11 is 0. The molecule has 6 nitrogen and oxygen atoms in total. The standard InChI is InChI=1S/C12H20N4O2/c1-3-5-13-11-10(17-2)12(15-8-14-11)16-9-4-6-18-7-9/h8-9H,3-7H2,1-2H3,(H2,13,14,15,16). The SMILES string of the molecule is CCCNc1ncnc(NC2CCOC2)c1OC. The quantitative estimate of drug-likeness (QED) is 0.800. The van der Waals surface area contributed by atoms with Crippen molar-refractivity contribution in [2.75, 3.05) is 37.5 Å². The van der Waals surface area contributed by atoms with Crippen LogP contribution in [0.25, 0.3) is 0 Å². The lowest BCUT2D eigenvalue weighted by atomic mass is 10.2. The molecular formula is C12H20N4O2. The molecule has 1 saturated heterocycles. The largest absolute Gasteiger partial charge is 0.490 e. The molecule has 0 bridgehead atoms. The first-order chi connectivity index (χ1) is 8.85. The molecule has 0 spiro atoms. The Morgan fingerprint density at radius 2 is 2.28 bits per heavy atom. The van der Waals surface area contributed by atoms with Crippen LogP contribution < -0.4 is 15.4 Å². The Balaban J connectivity index is 2.12. The van der Waals surface area contributed by atoms with Crippen molar-refractivity contribution in [1.82, 2.24) is 9.97 Å². The lowest BCUT2D eigenvalue weighted by Gasteiger charge is -2.16. The Kier molecular flexibility index (Phi) is 4.58. The van der Waals surface area contributed by atoms with Crippen molar-refractivity contribution in [2.24, 2.45) is 0 Å². The van der Waals surface area contributed by atoms with Gasteiger partial charge in [-0.3, -0.25) is 0 Å². The Bertz CT molecular complexity index is 380. The van der Waals surface area contributed by atoms with E-state index < -0.39 is 0 Å². The van der Waals surface area contributed by atoms with Crippen molar-refractivity contribution in [3.63, 3.8) is 0 Å². The van der Waals surface area contributed by atoms with Gasteiger partial charge in [-0.15, -0.1) is 0 Å². The van der Waals surface area contributed by atoms with Crippen LogP contribution in [0.15, 0.2) is 6.33 Å². The van der Waals surface area contributed by atoms with Crippen molar-refractivity contribution >= 4 is 11.6 Å². The highest BCUT2D eigenvalue weighted by Crippen LogP contribution is 2.30. The van der Waals surface area contributed by atoms with Crippen LogP contribution in [0.3, 0.4) is 0 Å². The summed E-state index contributed by atoms with van der Waals surface area (Å²) in [4.78, 5) is 8.44. The van der Waals surface area contributed by atoms with Crippen LogP contribution in [-0.2, 0) is 4.74 Å². The minimum Gasteiger partial charge on any atom is -0.490 e. The van der Waals surface area contributed by atoms with Gasteiger partial charge in [-0.1, -0.05) is 6.92 Å². The number of hydrogen-bond acceptors (Lipinski definition) is 6. The molecule has 1 aliphatic heterocycles. The second-order valence-electron chi connectivity index (χ2n) is 4.24. The number of anilines is 2. The summed E-state index contributed by atoms with van der Waals surface area (Å²) in [7, 11) is 1.63. The van der Waals surface area contributed by atoms with E-state index in [9.17, 15) is 0 Å². The van der Waals surface area contributed by atoms with Crippen LogP contribution in [0.4, 0.5) is 11.6 Å². The van der Waals surface area contributed by atoms with Crippen LogP contribution in [-0.4, -0.2) is 42.9 Å². The van der Waals surface area contributed by atoms with Gasteiger partial charge in [0, 0.05) is 13.2 Å². The van der Waals surface area contributed by atoms with E-state index in [2.05, 4.69) is 27.5 Å². The highest BCUT2D eigenvalue weighted by atomic mass is 16.5. The van der Waals surface area contributed by atoms with Gasteiger partial charge >= 0.3 is 0 Å². The number of aromatic nitrogens is 2. The van der Waals surface area contributed by atoms with Gasteiger partial charge in [-0.2, -0.15) is 0 Å². The first kappa shape index (κ1) is 12.9. The molecule has 1 aromatic rings. The first-order valence-electron chi connectivity index (χ1n) is 6.32. The van der Waals surface area contributed by atoms with Gasteiger partial charge in [-0.25, -0.2) is 9.97 Å². The van der Waals surface area contributed by atoms with Gasteiger partial charge in [0.25, 0.3) is 0 Å². The van der Waals surface area contributed by atoms with E-state index in [4.69, 9.17) is 9.47 Å². The van der Waals surface area contributed by atoms with Crippen molar-refractivity contribution in [3.8, 4) is 5.75 Å². The summed E-state index contributed by atoms with van der Waals surface area (Å²) in [6.45, 7) is 4.48. The van der Waals surface area contributed by atoms with E-state index in [1.165, 1.54) is 0 Å². The maximum Gasteiger partial charge on any atom is 0.204 e. The Hall–Kier alpha value is -1.56. The fourth-order valence-electron chi connectivity index (χ4n) is 1.88. The molecule has 1 unspecified atom stereocenters. The molecule has 1 aromatic heterocycles. The Morgan fingerprint density at radius 1 is 1.44 bits per heavy atom. The van der Waals surface area contributed by atoms with E-state index in [1.807, 2.05) is 0 Å². The maximum absolute atomic E-state index is 5.39. The molecular weight excluding hydrogens is 232 g/mol. The third kappa shape index (κ3) is 3.01. The van der Waals surface area contributed by atoms with Crippen LogP contribution in [0.5, 0.6) is 5.75 Å². The molecule has 0 radical (unpaired) electrons. The van der Waals surface area contributed by atoms with Gasteiger partial charge < -0.3 is 20.1 Å². The lowest BCUT2D eigenvalue weighted by Crippen LogP contribution is -2.20. The minimum absolute atomic E-state index is 0.299. The molecule has 0 saturated carbocycles. The van der Waals surface area contributed by atoms with Gasteiger partial charge in [0.05, 0.1) is 19.8 Å². The molecule has 2 N–H and O–H groups in total. The molecule has 1 fully saturated rings. The van der Waals surface area contributed by atoms with Crippen LogP contribution in [0, 0.1) is 0 Å². The molecule has 2 heterocycles. The average Bonchev–Trinajstić information content (AvgIpc) is 2.89. The molecule has 100 valence electrons. The van der Waals surface area contributed by atoms with E-state index in [0.29, 0.717) is 18.4 Å². The van der Waals surface area contributed by atoms with E-state index in [1.54, 1.807) is 13.4 Å². The molecule has 1 aliphatic rings. The predicted molar refractivity (Wildman–Crippen MR) is 70.2 cm³/mol. The molecule has 0 aliphatic carbocycles. The smallest absolute Gasteiger partial charge is 0.204 e. The molecule has 1 atom stereocenters. The van der Waals surface area contributed by atoms with Crippen molar-refractivity contribution in [3.05, 3.63) is 6.33 Å². The zero-order valence-corrected chi connectivity index (χ0v) is 10.9. The number of nitrogens with zero attached hydrogens (tertiary/aromatic N) is 2. The summed E-state index contributed by atoms with van der Waals surface area (Å²) < 4.78 is 10.7. The normalized spacial score (nSPS) is 18.7. The third-order valence-electron chi connectivity index (χ3n) is 2.82. The predicted octanol–water partition coefficient (Wildman–Crippen LogP) is 1.51. The van der Waals surface area contributed by atoms with E-state index >= 15 is 0 Å². The molecule has 6 heteroatoms. The van der Waals surface area contributed by atoms with Crippen molar-refractivity contribution in [1.29, 1.82) is 0 Å². The fraction of sp³-hybridized carbons (Fsp3) is 0.667. The summed E-state index contributed by atoms with van der Waals surface area (Å²) in [5.41, 5.74) is 0. The van der Waals surface area contributed by atoms with Gasteiger partial charge in [-0.05, 0) is 12.8 Å². The van der Waals surface area contributed by atoms with Crippen LogP contribution in [0.2, 0.25) is 0 Å². The highest BCUT2D eigenvalue weighted by molar-refractivity contribution is 5.63. The molecule has 0 amide bonds. The monoisotopic (exact) mass is 252 g/mol. The summed E-state index contributed by atoms with van der Waals surface area (Å²) in [5.74, 6) is 2.12. The second-order valence-corrected chi connectivity index (χ2v) is 4.24. The summed E-state index contributed by atoms with van der Waals surface area (Å²) in [5, 5.41) is 6.57. The third-order valence-corrected chi connectivity index (χ3v) is 2.82. The number of rotatable bonds is 6. The Labute approximate surface area is 107 Å². The van der Waals surface area contributed by atoms with Crippen LogP contribution >= 0.6 is 0 Å². The second kappa shape index (κ2) is 6.39. The number of hydrogen-bond donors (Lipinski definition) is 2. The van der Waals surface area contributed by atoms with Crippen LogP contribution in [0.1, 0.15) is 19.8 Å². The van der Waals surface area contributed by atoms with Gasteiger partial charge in [0.2, 0.25) is 5.75 Å². The summed E-state index contributed by atoms with van der Waals surface area (Å²) in [6.07, 6.45) is 3.57. The van der Waals surface area contributed by atoms with Crippen molar-refractivity contribution < 1.29 is 9.47 Å². The molecule has 18 heavy (non-hydrogen) atoms. The molecule has 0 aromatic carbocycles. The van der Waals surface area contributed by atoms with E-state index in [-0.39, 0.29) is 0 Å². The minimum atomic E-state index is 0.299. The van der Waals surface area contributed by atoms with Gasteiger partial charge in [0.1, 0.15) is 6.33 Å². The fourth-order valence-corrected chi connectivity index (χ4v) is 1.88. The number of ether oxygens (including phenoxy) is 2. The lowest BCUT2D eigenvalue weighted by molar-refractivity contribution is 0.195. The summed E-state index contributed by atoms with van der Waals surface area (Å²) in [6, 6.07) is 0.299. The van der Waals surface area contributed by atoms with E-state index in [0.717, 1.165) is 37.6 Å². The number of methoxy groups -OCH3 is 1. The zero-order valence-electron chi connectivity index (χ0n) is 10.9. The van der Waals surface area contributed by atoms with Gasteiger partial charge in [0.15, 0.2) is 11.6 Å². The highest BCUT2D eigenvalue weighted by Gasteiger charge is 2.19.